The molecule has 3 aromatic rings. The second kappa shape index (κ2) is 12.4. The molecular formula is C25H30N2O6S. The van der Waals surface area contributed by atoms with Crippen LogP contribution in [-0.2, 0) is 14.6 Å². The summed E-state index contributed by atoms with van der Waals surface area (Å²) in [5.74, 6) is -0.300. The van der Waals surface area contributed by atoms with Crippen molar-refractivity contribution in [1.29, 1.82) is 0 Å². The summed E-state index contributed by atoms with van der Waals surface area (Å²) in [5, 5.41) is 12.9. The number of carboxylic acid groups (broad SMARTS) is 1. The molecule has 0 bridgehead atoms. The van der Waals surface area contributed by atoms with Gasteiger partial charge in [0.15, 0.2) is 9.84 Å². The van der Waals surface area contributed by atoms with Crippen LogP contribution in [0.5, 0.6) is 0 Å². The maximum atomic E-state index is 12.6. The van der Waals surface area contributed by atoms with Gasteiger partial charge in [0.2, 0.25) is 5.82 Å². The van der Waals surface area contributed by atoms with Crippen LogP contribution >= 0.6 is 0 Å². The highest BCUT2D eigenvalue weighted by Gasteiger charge is 2.16. The molecule has 34 heavy (non-hydrogen) atoms. The third kappa shape index (κ3) is 7.23. The van der Waals surface area contributed by atoms with Crippen LogP contribution in [0.2, 0.25) is 0 Å². The Kier molecular flexibility index (Phi) is 9.35. The van der Waals surface area contributed by atoms with Crippen LogP contribution in [0.15, 0.2) is 57.9 Å². The second-order valence-corrected chi connectivity index (χ2v) is 10.2. The fourth-order valence-corrected chi connectivity index (χ4v) is 4.94. The molecule has 182 valence electrons. The predicted octanol–water partition coefficient (Wildman–Crippen LogP) is 5.25. The first-order valence-electron chi connectivity index (χ1n) is 11.4. The number of sulfone groups is 1. The molecule has 1 N–H and O–H groups in total. The summed E-state index contributed by atoms with van der Waals surface area (Å²) in [4.78, 5) is 15.6. The van der Waals surface area contributed by atoms with E-state index in [0.717, 1.165) is 45.1 Å². The van der Waals surface area contributed by atoms with E-state index in [2.05, 4.69) is 10.1 Å². The van der Waals surface area contributed by atoms with Gasteiger partial charge in [-0.2, -0.15) is 4.98 Å². The average molecular weight is 487 g/mol. The molecule has 1 heterocycles. The minimum atomic E-state index is -3.34. The van der Waals surface area contributed by atoms with Crippen LogP contribution in [0.3, 0.4) is 0 Å². The first-order valence-corrected chi connectivity index (χ1v) is 13.1. The zero-order chi connectivity index (χ0) is 24.4. The first kappa shape index (κ1) is 25.6. The lowest BCUT2D eigenvalue weighted by Gasteiger charge is -2.05. The molecule has 0 radical (unpaired) electrons. The zero-order valence-electron chi connectivity index (χ0n) is 19.3. The van der Waals surface area contributed by atoms with Crippen molar-refractivity contribution in [3.8, 4) is 22.8 Å². The normalized spacial score (nSPS) is 11.6. The Labute approximate surface area is 199 Å². The van der Waals surface area contributed by atoms with E-state index in [1.165, 1.54) is 12.1 Å². The van der Waals surface area contributed by atoms with Crippen molar-refractivity contribution in [3.63, 3.8) is 0 Å². The average Bonchev–Trinajstić information content (AvgIpc) is 3.33. The Balaban J connectivity index is 1.52. The van der Waals surface area contributed by atoms with Gasteiger partial charge in [0.1, 0.15) is 0 Å². The van der Waals surface area contributed by atoms with Crippen molar-refractivity contribution in [1.82, 2.24) is 10.1 Å². The predicted molar refractivity (Wildman–Crippen MR) is 128 cm³/mol. The summed E-state index contributed by atoms with van der Waals surface area (Å²) in [5.41, 5.74) is 1.39. The molecule has 0 amide bonds. The number of carboxylic acids is 1. The number of unbranched alkanes of at least 4 members (excludes halogenated alkanes) is 6. The van der Waals surface area contributed by atoms with Crippen molar-refractivity contribution in [2.45, 2.75) is 49.8 Å². The van der Waals surface area contributed by atoms with Crippen molar-refractivity contribution in [3.05, 3.63) is 54.1 Å². The van der Waals surface area contributed by atoms with Crippen molar-refractivity contribution < 1.29 is 27.6 Å². The Morgan fingerprint density at radius 2 is 1.47 bits per heavy atom. The highest BCUT2D eigenvalue weighted by Crippen LogP contribution is 2.24. The summed E-state index contributed by atoms with van der Waals surface area (Å²) in [6, 6.07) is 12.6. The van der Waals surface area contributed by atoms with Gasteiger partial charge in [0.25, 0.3) is 5.89 Å². The molecular weight excluding hydrogens is 456 g/mol. The lowest BCUT2D eigenvalue weighted by Crippen LogP contribution is -2.06. The van der Waals surface area contributed by atoms with E-state index in [1.54, 1.807) is 43.5 Å². The van der Waals surface area contributed by atoms with Crippen LogP contribution in [0.4, 0.5) is 0 Å². The SMILES string of the molecule is COCCCCCCCCCS(=O)(=O)c1ccc(-c2nc(-c3ccc(C(=O)O)cc3)no2)cc1. The molecule has 3 rings (SSSR count). The van der Waals surface area contributed by atoms with Crippen LogP contribution < -0.4 is 0 Å². The van der Waals surface area contributed by atoms with Gasteiger partial charge >= 0.3 is 5.97 Å². The maximum Gasteiger partial charge on any atom is 0.335 e. The molecule has 0 aliphatic carbocycles. The largest absolute Gasteiger partial charge is 0.478 e. The molecule has 0 saturated heterocycles. The molecule has 0 saturated carbocycles. The Hall–Kier alpha value is -3.04. The van der Waals surface area contributed by atoms with E-state index in [0.29, 0.717) is 23.4 Å². The Bertz CT molecular complexity index is 1150. The summed E-state index contributed by atoms with van der Waals surface area (Å²) in [7, 11) is -1.63. The van der Waals surface area contributed by atoms with E-state index >= 15 is 0 Å². The van der Waals surface area contributed by atoms with Crippen molar-refractivity contribution in [2.24, 2.45) is 0 Å². The van der Waals surface area contributed by atoms with Gasteiger partial charge in [-0.05, 0) is 49.2 Å². The van der Waals surface area contributed by atoms with Gasteiger partial charge in [-0.15, -0.1) is 0 Å². The smallest absolute Gasteiger partial charge is 0.335 e. The molecule has 9 heteroatoms. The van der Waals surface area contributed by atoms with Gasteiger partial charge in [-0.25, -0.2) is 13.2 Å². The Morgan fingerprint density at radius 1 is 0.882 bits per heavy atom. The molecule has 0 aliphatic heterocycles. The molecule has 0 atom stereocenters. The van der Waals surface area contributed by atoms with Crippen LogP contribution in [0.1, 0.15) is 55.3 Å². The summed E-state index contributed by atoms with van der Waals surface area (Å²) in [6.45, 7) is 0.799. The molecule has 0 aliphatic rings. The van der Waals surface area contributed by atoms with Gasteiger partial charge in [0, 0.05) is 24.8 Å². The lowest BCUT2D eigenvalue weighted by molar-refractivity contribution is 0.0697. The number of benzene rings is 2. The third-order valence-corrected chi connectivity index (χ3v) is 7.35. The molecule has 0 spiro atoms. The third-order valence-electron chi connectivity index (χ3n) is 5.54. The summed E-state index contributed by atoms with van der Waals surface area (Å²) < 4.78 is 35.6. The van der Waals surface area contributed by atoms with Gasteiger partial charge in [-0.1, -0.05) is 49.4 Å². The highest BCUT2D eigenvalue weighted by atomic mass is 32.2. The summed E-state index contributed by atoms with van der Waals surface area (Å²) >= 11 is 0. The number of hydrogen-bond acceptors (Lipinski definition) is 7. The van der Waals surface area contributed by atoms with Crippen LogP contribution in [0, 0.1) is 0 Å². The second-order valence-electron chi connectivity index (χ2n) is 8.12. The first-order chi connectivity index (χ1) is 16.4. The summed E-state index contributed by atoms with van der Waals surface area (Å²) in [6.07, 6.45) is 7.09. The minimum absolute atomic E-state index is 0.132. The quantitative estimate of drug-likeness (QED) is 0.307. The number of methoxy groups -OCH3 is 1. The fraction of sp³-hybridized carbons (Fsp3) is 0.400. The molecule has 8 nitrogen and oxygen atoms in total. The Morgan fingerprint density at radius 3 is 2.09 bits per heavy atom. The number of ether oxygens (including phenoxy) is 1. The van der Waals surface area contributed by atoms with E-state index in [-0.39, 0.29) is 22.1 Å². The molecule has 2 aromatic carbocycles. The molecule has 1 aromatic heterocycles. The van der Waals surface area contributed by atoms with Crippen molar-refractivity contribution in [2.75, 3.05) is 19.5 Å². The monoisotopic (exact) mass is 486 g/mol. The van der Waals surface area contributed by atoms with E-state index < -0.39 is 15.8 Å². The number of aromatic nitrogens is 2. The topological polar surface area (TPSA) is 120 Å². The van der Waals surface area contributed by atoms with E-state index in [4.69, 9.17) is 14.4 Å². The molecule has 0 fully saturated rings. The van der Waals surface area contributed by atoms with Crippen LogP contribution in [-0.4, -0.2) is 49.1 Å². The minimum Gasteiger partial charge on any atom is -0.478 e. The number of rotatable bonds is 14. The standard InChI is InChI=1S/C25H30N2O6S/c1-32-17-7-5-3-2-4-6-8-18-34(30,31)22-15-13-20(14-16-22)24-26-23(27-33-24)19-9-11-21(12-10-19)25(28)29/h9-16H,2-8,17-18H2,1H3,(H,28,29). The van der Waals surface area contributed by atoms with Gasteiger partial charge < -0.3 is 14.4 Å². The van der Waals surface area contributed by atoms with Gasteiger partial charge in [-0.3, -0.25) is 0 Å². The van der Waals surface area contributed by atoms with Crippen LogP contribution in [0.25, 0.3) is 22.8 Å². The number of hydrogen-bond donors (Lipinski definition) is 1. The fourth-order valence-electron chi connectivity index (χ4n) is 3.56. The molecule has 0 unspecified atom stereocenters. The lowest BCUT2D eigenvalue weighted by atomic mass is 10.1. The van der Waals surface area contributed by atoms with E-state index in [9.17, 15) is 13.2 Å². The van der Waals surface area contributed by atoms with E-state index in [1.807, 2.05) is 0 Å². The van der Waals surface area contributed by atoms with Gasteiger partial charge in [0.05, 0.1) is 16.2 Å². The number of aromatic carboxylic acids is 1. The number of carbonyl (C=O) groups is 1. The van der Waals surface area contributed by atoms with Crippen molar-refractivity contribution >= 4 is 15.8 Å². The maximum absolute atomic E-state index is 12.6. The highest BCUT2D eigenvalue weighted by molar-refractivity contribution is 7.91. The number of nitrogens with zero attached hydrogens (tertiary/aromatic N) is 2. The zero-order valence-corrected chi connectivity index (χ0v) is 20.1.